The van der Waals surface area contributed by atoms with Crippen molar-refractivity contribution in [3.8, 4) is 0 Å². The minimum Gasteiger partial charge on any atom is -0.469 e. The fourth-order valence-corrected chi connectivity index (χ4v) is 1.37. The summed E-state index contributed by atoms with van der Waals surface area (Å²) in [5.74, 6) is 0.817. The molecule has 4 nitrogen and oxygen atoms in total. The number of carbonyl (C=O) groups excluding carboxylic acids is 1. The van der Waals surface area contributed by atoms with E-state index in [0.29, 0.717) is 13.0 Å². The third-order valence-electron chi connectivity index (χ3n) is 2.51. The summed E-state index contributed by atoms with van der Waals surface area (Å²) < 4.78 is 5.16. The first-order valence-electron chi connectivity index (χ1n) is 5.09. The molecule has 0 aromatic carbocycles. The Bertz CT molecular complexity index is 333. The van der Waals surface area contributed by atoms with E-state index >= 15 is 0 Å². The molecule has 0 aliphatic carbocycles. The summed E-state index contributed by atoms with van der Waals surface area (Å²) in [7, 11) is 1.75. The van der Waals surface area contributed by atoms with Crippen molar-refractivity contribution < 1.29 is 9.21 Å². The van der Waals surface area contributed by atoms with Crippen LogP contribution in [0.4, 0.5) is 0 Å². The fourth-order valence-electron chi connectivity index (χ4n) is 1.37. The summed E-state index contributed by atoms with van der Waals surface area (Å²) in [5, 5.41) is 0. The Morgan fingerprint density at radius 2 is 2.33 bits per heavy atom. The zero-order valence-electron chi connectivity index (χ0n) is 9.49. The molecule has 0 aliphatic rings. The van der Waals surface area contributed by atoms with E-state index in [1.165, 1.54) is 0 Å². The average Bonchev–Trinajstić information content (AvgIpc) is 2.62. The van der Waals surface area contributed by atoms with Crippen LogP contribution in [0, 0.1) is 6.92 Å². The Balaban J connectivity index is 2.60. The van der Waals surface area contributed by atoms with E-state index in [4.69, 9.17) is 10.2 Å². The predicted molar refractivity (Wildman–Crippen MR) is 58.2 cm³/mol. The molecule has 1 heterocycles. The molecule has 1 aromatic rings. The Hall–Kier alpha value is -1.29. The molecule has 0 fully saturated rings. The summed E-state index contributed by atoms with van der Waals surface area (Å²) in [4.78, 5) is 13.3. The van der Waals surface area contributed by atoms with Crippen molar-refractivity contribution in [1.82, 2.24) is 4.90 Å². The highest BCUT2D eigenvalue weighted by Crippen LogP contribution is 2.11. The van der Waals surface area contributed by atoms with Crippen LogP contribution < -0.4 is 5.73 Å². The van der Waals surface area contributed by atoms with Gasteiger partial charge in [-0.2, -0.15) is 0 Å². The molecule has 1 atom stereocenters. The zero-order chi connectivity index (χ0) is 11.4. The van der Waals surface area contributed by atoms with Crippen molar-refractivity contribution in [2.45, 2.75) is 32.9 Å². The maximum Gasteiger partial charge on any atom is 0.239 e. The van der Waals surface area contributed by atoms with E-state index < -0.39 is 6.04 Å². The SMILES string of the molecule is CC[C@H](N)C(=O)N(C)Cc1ccoc1C. The van der Waals surface area contributed by atoms with Gasteiger partial charge in [0.2, 0.25) is 5.91 Å². The summed E-state index contributed by atoms with van der Waals surface area (Å²) in [6.45, 7) is 4.34. The van der Waals surface area contributed by atoms with Gasteiger partial charge in [-0.05, 0) is 19.4 Å². The highest BCUT2D eigenvalue weighted by Gasteiger charge is 2.17. The molecule has 15 heavy (non-hydrogen) atoms. The lowest BCUT2D eigenvalue weighted by molar-refractivity contribution is -0.131. The lowest BCUT2D eigenvalue weighted by Gasteiger charge is -2.20. The normalized spacial score (nSPS) is 12.5. The van der Waals surface area contributed by atoms with E-state index in [2.05, 4.69) is 0 Å². The maximum atomic E-state index is 11.7. The fraction of sp³-hybridized carbons (Fsp3) is 0.545. The van der Waals surface area contributed by atoms with E-state index in [1.54, 1.807) is 18.2 Å². The number of carbonyl (C=O) groups is 1. The third kappa shape index (κ3) is 2.83. The first kappa shape index (κ1) is 11.8. The van der Waals surface area contributed by atoms with Gasteiger partial charge in [0.15, 0.2) is 0 Å². The molecule has 0 spiro atoms. The minimum atomic E-state index is -0.401. The van der Waals surface area contributed by atoms with Gasteiger partial charge in [0.1, 0.15) is 5.76 Å². The average molecular weight is 210 g/mol. The molecule has 0 bridgehead atoms. The number of likely N-dealkylation sites (N-methyl/N-ethyl adjacent to an activating group) is 1. The van der Waals surface area contributed by atoms with Gasteiger partial charge in [0, 0.05) is 19.2 Å². The number of nitrogens with two attached hydrogens (primary N) is 1. The number of hydrogen-bond donors (Lipinski definition) is 1. The van der Waals surface area contributed by atoms with E-state index in [1.807, 2.05) is 19.9 Å². The lowest BCUT2D eigenvalue weighted by atomic mass is 10.2. The smallest absolute Gasteiger partial charge is 0.239 e. The van der Waals surface area contributed by atoms with Crippen LogP contribution in [0.5, 0.6) is 0 Å². The molecule has 1 rings (SSSR count). The second-order valence-electron chi connectivity index (χ2n) is 3.71. The minimum absolute atomic E-state index is 0.0295. The van der Waals surface area contributed by atoms with Crippen LogP contribution >= 0.6 is 0 Å². The van der Waals surface area contributed by atoms with Gasteiger partial charge >= 0.3 is 0 Å². The number of aryl methyl sites for hydroxylation is 1. The summed E-state index contributed by atoms with van der Waals surface area (Å²) in [6.07, 6.45) is 2.29. The molecule has 0 aliphatic heterocycles. The monoisotopic (exact) mass is 210 g/mol. The predicted octanol–water partition coefficient (Wildman–Crippen LogP) is 1.28. The van der Waals surface area contributed by atoms with Crippen molar-refractivity contribution in [3.63, 3.8) is 0 Å². The number of furan rings is 1. The van der Waals surface area contributed by atoms with E-state index in [0.717, 1.165) is 11.3 Å². The summed E-state index contributed by atoms with van der Waals surface area (Å²) >= 11 is 0. The van der Waals surface area contributed by atoms with Crippen LogP contribution in [0.25, 0.3) is 0 Å². The molecule has 1 aromatic heterocycles. The highest BCUT2D eigenvalue weighted by molar-refractivity contribution is 5.81. The molecule has 0 saturated carbocycles. The summed E-state index contributed by atoms with van der Waals surface area (Å²) in [5.41, 5.74) is 6.69. The Morgan fingerprint density at radius 1 is 1.67 bits per heavy atom. The molecular formula is C11H18N2O2. The Labute approximate surface area is 90.0 Å². The molecular weight excluding hydrogens is 192 g/mol. The number of nitrogens with zero attached hydrogens (tertiary/aromatic N) is 1. The van der Waals surface area contributed by atoms with Crippen molar-refractivity contribution >= 4 is 5.91 Å². The maximum absolute atomic E-state index is 11.7. The Kier molecular flexibility index (Phi) is 3.91. The number of amides is 1. The van der Waals surface area contributed by atoms with Gasteiger partial charge in [-0.25, -0.2) is 0 Å². The van der Waals surface area contributed by atoms with Crippen molar-refractivity contribution in [2.75, 3.05) is 7.05 Å². The van der Waals surface area contributed by atoms with Gasteiger partial charge in [0.25, 0.3) is 0 Å². The van der Waals surface area contributed by atoms with E-state index in [9.17, 15) is 4.79 Å². The van der Waals surface area contributed by atoms with Crippen molar-refractivity contribution in [2.24, 2.45) is 5.73 Å². The highest BCUT2D eigenvalue weighted by atomic mass is 16.3. The zero-order valence-corrected chi connectivity index (χ0v) is 9.49. The van der Waals surface area contributed by atoms with Gasteiger partial charge in [-0.3, -0.25) is 4.79 Å². The van der Waals surface area contributed by atoms with E-state index in [-0.39, 0.29) is 5.91 Å². The molecule has 1 amide bonds. The second kappa shape index (κ2) is 4.98. The molecule has 4 heteroatoms. The number of hydrogen-bond acceptors (Lipinski definition) is 3. The molecule has 0 radical (unpaired) electrons. The van der Waals surface area contributed by atoms with Crippen LogP contribution in [0.3, 0.4) is 0 Å². The van der Waals surface area contributed by atoms with Crippen LogP contribution in [-0.2, 0) is 11.3 Å². The van der Waals surface area contributed by atoms with Gasteiger partial charge < -0.3 is 15.1 Å². The van der Waals surface area contributed by atoms with Crippen molar-refractivity contribution in [1.29, 1.82) is 0 Å². The van der Waals surface area contributed by atoms with Gasteiger partial charge in [0.05, 0.1) is 12.3 Å². The molecule has 0 saturated heterocycles. The van der Waals surface area contributed by atoms with Crippen LogP contribution in [-0.4, -0.2) is 23.9 Å². The van der Waals surface area contributed by atoms with Crippen LogP contribution in [0.15, 0.2) is 16.7 Å². The third-order valence-corrected chi connectivity index (χ3v) is 2.51. The molecule has 2 N–H and O–H groups in total. The largest absolute Gasteiger partial charge is 0.469 e. The summed E-state index contributed by atoms with van der Waals surface area (Å²) in [6, 6.07) is 1.47. The van der Waals surface area contributed by atoms with Crippen LogP contribution in [0.1, 0.15) is 24.7 Å². The van der Waals surface area contributed by atoms with Gasteiger partial charge in [-0.15, -0.1) is 0 Å². The van der Waals surface area contributed by atoms with Crippen LogP contribution in [0.2, 0.25) is 0 Å². The number of rotatable bonds is 4. The lowest BCUT2D eigenvalue weighted by Crippen LogP contribution is -2.40. The topological polar surface area (TPSA) is 59.5 Å². The molecule has 0 unspecified atom stereocenters. The molecule has 84 valence electrons. The Morgan fingerprint density at radius 3 is 2.80 bits per heavy atom. The first-order chi connectivity index (χ1) is 7.06. The first-order valence-corrected chi connectivity index (χ1v) is 5.09. The second-order valence-corrected chi connectivity index (χ2v) is 3.71. The standard InChI is InChI=1S/C11H18N2O2/c1-4-10(12)11(14)13(3)7-9-5-6-15-8(9)2/h5-6,10H,4,7,12H2,1-3H3/t10-/m0/s1. The van der Waals surface area contributed by atoms with Gasteiger partial charge in [-0.1, -0.05) is 6.92 Å². The van der Waals surface area contributed by atoms with Crippen molar-refractivity contribution in [3.05, 3.63) is 23.7 Å². The quantitative estimate of drug-likeness (QED) is 0.814.